The minimum atomic E-state index is 0.409. The van der Waals surface area contributed by atoms with Crippen molar-refractivity contribution in [1.82, 2.24) is 9.55 Å². The molecule has 0 N–H and O–H groups in total. The molecule has 1 unspecified atom stereocenters. The highest BCUT2D eigenvalue weighted by molar-refractivity contribution is 9.09. The Bertz CT molecular complexity index is 323. The van der Waals surface area contributed by atoms with Gasteiger partial charge in [-0.15, -0.1) is 0 Å². The fourth-order valence-electron chi connectivity index (χ4n) is 1.97. The summed E-state index contributed by atoms with van der Waals surface area (Å²) < 4.78 is 2.08. The molecule has 0 bridgehead atoms. The minimum absolute atomic E-state index is 0.409. The van der Waals surface area contributed by atoms with E-state index in [1.165, 1.54) is 6.42 Å². The highest BCUT2D eigenvalue weighted by atomic mass is 79.9. The number of hydrogen-bond acceptors (Lipinski definition) is 2. The van der Waals surface area contributed by atoms with Gasteiger partial charge in [0.05, 0.1) is 0 Å². The molecule has 0 saturated carbocycles. The van der Waals surface area contributed by atoms with E-state index in [4.69, 9.17) is 0 Å². The Morgan fingerprint density at radius 1 is 1.64 bits per heavy atom. The van der Waals surface area contributed by atoms with Crippen LogP contribution in [-0.2, 0) is 7.05 Å². The van der Waals surface area contributed by atoms with E-state index in [2.05, 4.69) is 37.3 Å². The molecular weight excluding hydrogens is 242 g/mol. The zero-order valence-electron chi connectivity index (χ0n) is 8.70. The number of hydrogen-bond donors (Lipinski definition) is 0. The average Bonchev–Trinajstić information content (AvgIpc) is 2.73. The predicted molar refractivity (Wildman–Crippen MR) is 61.9 cm³/mol. The van der Waals surface area contributed by atoms with Gasteiger partial charge >= 0.3 is 0 Å². The first-order valence-electron chi connectivity index (χ1n) is 4.93. The van der Waals surface area contributed by atoms with Crippen LogP contribution in [0.3, 0.4) is 0 Å². The minimum Gasteiger partial charge on any atom is -0.342 e. The molecule has 1 aliphatic rings. The molecule has 1 aromatic rings. The largest absolute Gasteiger partial charge is 0.342 e. The fourth-order valence-corrected chi connectivity index (χ4v) is 2.42. The van der Waals surface area contributed by atoms with Crippen LogP contribution in [0.4, 0.5) is 5.95 Å². The van der Waals surface area contributed by atoms with Crippen molar-refractivity contribution in [3.05, 3.63) is 12.4 Å². The molecule has 0 radical (unpaired) electrons. The van der Waals surface area contributed by atoms with Crippen molar-refractivity contribution in [3.8, 4) is 0 Å². The van der Waals surface area contributed by atoms with E-state index in [0.717, 1.165) is 24.4 Å². The Morgan fingerprint density at radius 2 is 2.43 bits per heavy atom. The molecule has 0 spiro atoms. The van der Waals surface area contributed by atoms with Gasteiger partial charge in [0.15, 0.2) is 0 Å². The summed E-state index contributed by atoms with van der Waals surface area (Å²) in [5.41, 5.74) is 0.409. The van der Waals surface area contributed by atoms with E-state index >= 15 is 0 Å². The van der Waals surface area contributed by atoms with Crippen molar-refractivity contribution >= 4 is 21.9 Å². The van der Waals surface area contributed by atoms with E-state index in [-0.39, 0.29) is 0 Å². The van der Waals surface area contributed by atoms with Crippen molar-refractivity contribution in [2.75, 3.05) is 23.3 Å². The number of aryl methyl sites for hydroxylation is 1. The van der Waals surface area contributed by atoms with E-state index in [0.29, 0.717) is 5.41 Å². The molecule has 1 atom stereocenters. The maximum atomic E-state index is 4.37. The second kappa shape index (κ2) is 3.57. The zero-order chi connectivity index (χ0) is 10.2. The highest BCUT2D eigenvalue weighted by Crippen LogP contribution is 2.33. The summed E-state index contributed by atoms with van der Waals surface area (Å²) >= 11 is 3.59. The molecule has 0 aliphatic carbocycles. The highest BCUT2D eigenvalue weighted by Gasteiger charge is 2.34. The quantitative estimate of drug-likeness (QED) is 0.757. The number of alkyl halides is 1. The molecule has 2 rings (SSSR count). The maximum Gasteiger partial charge on any atom is 0.205 e. The fraction of sp³-hybridized carbons (Fsp3) is 0.700. The van der Waals surface area contributed by atoms with Crippen molar-refractivity contribution in [2.45, 2.75) is 13.3 Å². The lowest BCUT2D eigenvalue weighted by molar-refractivity contribution is 0.431. The third kappa shape index (κ3) is 1.67. The molecule has 0 aromatic carbocycles. The summed E-state index contributed by atoms with van der Waals surface area (Å²) in [6.45, 7) is 4.54. The summed E-state index contributed by atoms with van der Waals surface area (Å²) in [4.78, 5) is 6.73. The topological polar surface area (TPSA) is 21.1 Å². The van der Waals surface area contributed by atoms with Gasteiger partial charge in [-0.1, -0.05) is 22.9 Å². The van der Waals surface area contributed by atoms with Gasteiger partial charge in [-0.05, 0) is 11.8 Å². The van der Waals surface area contributed by atoms with Crippen LogP contribution in [0, 0.1) is 5.41 Å². The van der Waals surface area contributed by atoms with Crippen molar-refractivity contribution in [2.24, 2.45) is 12.5 Å². The molecule has 2 heterocycles. The van der Waals surface area contributed by atoms with E-state index in [1.54, 1.807) is 0 Å². The molecule has 1 saturated heterocycles. The van der Waals surface area contributed by atoms with Crippen LogP contribution in [-0.4, -0.2) is 28.0 Å². The Labute approximate surface area is 93.2 Å². The third-order valence-corrected chi connectivity index (χ3v) is 4.31. The Morgan fingerprint density at radius 3 is 2.93 bits per heavy atom. The van der Waals surface area contributed by atoms with Crippen molar-refractivity contribution in [3.63, 3.8) is 0 Å². The summed E-state index contributed by atoms with van der Waals surface area (Å²) in [5.74, 6) is 1.09. The van der Waals surface area contributed by atoms with Gasteiger partial charge in [0.25, 0.3) is 0 Å². The third-order valence-electron chi connectivity index (χ3n) is 2.96. The SMILES string of the molecule is Cn1ccnc1N1CCC(C)(CBr)C1. The molecule has 4 heteroatoms. The smallest absolute Gasteiger partial charge is 0.205 e. The first kappa shape index (κ1) is 10.0. The Kier molecular flexibility index (Phi) is 2.56. The summed E-state index contributed by atoms with van der Waals surface area (Å²) in [6.07, 6.45) is 5.10. The van der Waals surface area contributed by atoms with Crippen molar-refractivity contribution < 1.29 is 0 Å². The first-order valence-corrected chi connectivity index (χ1v) is 6.05. The second-order valence-electron chi connectivity index (χ2n) is 4.45. The maximum absolute atomic E-state index is 4.37. The van der Waals surface area contributed by atoms with Crippen LogP contribution in [0.1, 0.15) is 13.3 Å². The van der Waals surface area contributed by atoms with Crippen LogP contribution < -0.4 is 4.90 Å². The standard InChI is InChI=1S/C10H16BrN3/c1-10(7-11)3-5-14(8-10)9-12-4-6-13(9)2/h4,6H,3,5,7-8H2,1-2H3. The van der Waals surface area contributed by atoms with Crippen LogP contribution >= 0.6 is 15.9 Å². The molecule has 0 amide bonds. The predicted octanol–water partition coefficient (Wildman–Crippen LogP) is 2.03. The van der Waals surface area contributed by atoms with Gasteiger partial charge in [-0.2, -0.15) is 0 Å². The first-order chi connectivity index (χ1) is 6.64. The van der Waals surface area contributed by atoms with E-state index < -0.39 is 0 Å². The van der Waals surface area contributed by atoms with Gasteiger partial charge in [0, 0.05) is 37.9 Å². The molecule has 1 fully saturated rings. The summed E-state index contributed by atoms with van der Waals surface area (Å²) in [6, 6.07) is 0. The van der Waals surface area contributed by atoms with Gasteiger partial charge in [-0.3, -0.25) is 0 Å². The van der Waals surface area contributed by atoms with Crippen molar-refractivity contribution in [1.29, 1.82) is 0 Å². The molecular formula is C10H16BrN3. The van der Waals surface area contributed by atoms with Crippen LogP contribution in [0.2, 0.25) is 0 Å². The monoisotopic (exact) mass is 257 g/mol. The van der Waals surface area contributed by atoms with Gasteiger partial charge in [-0.25, -0.2) is 4.98 Å². The summed E-state index contributed by atoms with van der Waals surface area (Å²) in [7, 11) is 2.05. The summed E-state index contributed by atoms with van der Waals surface area (Å²) in [5, 5.41) is 1.07. The van der Waals surface area contributed by atoms with E-state index in [9.17, 15) is 0 Å². The van der Waals surface area contributed by atoms with Crippen LogP contribution in [0.15, 0.2) is 12.4 Å². The lowest BCUT2D eigenvalue weighted by atomic mass is 9.93. The van der Waals surface area contributed by atoms with E-state index in [1.807, 2.05) is 19.4 Å². The lowest BCUT2D eigenvalue weighted by Gasteiger charge is -2.22. The van der Waals surface area contributed by atoms with Gasteiger partial charge in [0.1, 0.15) is 0 Å². The number of imidazole rings is 1. The van der Waals surface area contributed by atoms with Crippen LogP contribution in [0.5, 0.6) is 0 Å². The number of nitrogens with zero attached hydrogens (tertiary/aromatic N) is 3. The Balaban J connectivity index is 2.13. The molecule has 78 valence electrons. The molecule has 3 nitrogen and oxygen atoms in total. The zero-order valence-corrected chi connectivity index (χ0v) is 10.3. The molecule has 1 aliphatic heterocycles. The molecule has 14 heavy (non-hydrogen) atoms. The lowest BCUT2D eigenvalue weighted by Crippen LogP contribution is -2.27. The average molecular weight is 258 g/mol. The number of anilines is 1. The number of rotatable bonds is 2. The van der Waals surface area contributed by atoms with Crippen LogP contribution in [0.25, 0.3) is 0 Å². The van der Waals surface area contributed by atoms with Gasteiger partial charge in [0.2, 0.25) is 5.95 Å². The molecule has 1 aromatic heterocycles. The van der Waals surface area contributed by atoms with Gasteiger partial charge < -0.3 is 9.47 Å². The number of halogens is 1. The normalized spacial score (nSPS) is 27.2. The Hall–Kier alpha value is -0.510. The number of aromatic nitrogens is 2. The second-order valence-corrected chi connectivity index (χ2v) is 5.01.